The number of nitrogens with one attached hydrogen (secondary N) is 1. The monoisotopic (exact) mass is 259 g/mol. The second-order valence-corrected chi connectivity index (χ2v) is 5.71. The molecule has 1 heterocycles. The number of fused-ring (bicyclic) bond motifs is 1. The summed E-state index contributed by atoms with van der Waals surface area (Å²) in [7, 11) is 0. The second-order valence-electron chi connectivity index (χ2n) is 5.71. The van der Waals surface area contributed by atoms with Gasteiger partial charge >= 0.3 is 0 Å². The molecule has 2 aliphatic carbocycles. The number of hydrogen-bond acceptors (Lipinski definition) is 3. The third-order valence-corrected chi connectivity index (χ3v) is 4.20. The Kier molecular flexibility index (Phi) is 2.43. The predicted octanol–water partition coefficient (Wildman–Crippen LogP) is 2.33. The normalized spacial score (nSPS) is 20.7. The summed E-state index contributed by atoms with van der Waals surface area (Å²) in [6, 6.07) is 5.84. The minimum atomic E-state index is -0.0221. The van der Waals surface area contributed by atoms with Crippen molar-refractivity contribution < 1.29 is 14.3 Å². The molecule has 0 unspecified atom stereocenters. The summed E-state index contributed by atoms with van der Waals surface area (Å²) in [6.45, 7) is 0.203. The van der Waals surface area contributed by atoms with E-state index in [9.17, 15) is 4.79 Å². The summed E-state index contributed by atoms with van der Waals surface area (Å²) in [6.07, 6.45) is 5.03. The van der Waals surface area contributed by atoms with E-state index in [4.69, 9.17) is 9.47 Å². The van der Waals surface area contributed by atoms with E-state index in [1.54, 1.807) is 6.07 Å². The summed E-state index contributed by atoms with van der Waals surface area (Å²) < 4.78 is 10.7. The zero-order valence-corrected chi connectivity index (χ0v) is 10.7. The van der Waals surface area contributed by atoms with Crippen molar-refractivity contribution in [2.24, 2.45) is 11.8 Å². The van der Waals surface area contributed by atoms with Crippen molar-refractivity contribution >= 4 is 5.91 Å². The van der Waals surface area contributed by atoms with Gasteiger partial charge in [-0.05, 0) is 49.7 Å². The van der Waals surface area contributed by atoms with Crippen LogP contribution in [-0.4, -0.2) is 18.7 Å². The molecule has 100 valence electrons. The quantitative estimate of drug-likeness (QED) is 0.902. The van der Waals surface area contributed by atoms with E-state index in [1.807, 2.05) is 12.1 Å². The van der Waals surface area contributed by atoms with Gasteiger partial charge in [0.05, 0.1) is 5.56 Å². The van der Waals surface area contributed by atoms with E-state index in [2.05, 4.69) is 5.32 Å². The van der Waals surface area contributed by atoms with Gasteiger partial charge in [0.15, 0.2) is 11.5 Å². The molecule has 1 aliphatic heterocycles. The van der Waals surface area contributed by atoms with Gasteiger partial charge < -0.3 is 14.8 Å². The lowest BCUT2D eigenvalue weighted by Gasteiger charge is -2.18. The average Bonchev–Trinajstić information content (AvgIpc) is 3.33. The second kappa shape index (κ2) is 4.15. The summed E-state index contributed by atoms with van der Waals surface area (Å²) >= 11 is 0. The number of hydrogen-bond donors (Lipinski definition) is 1. The van der Waals surface area contributed by atoms with Crippen LogP contribution in [-0.2, 0) is 0 Å². The smallest absolute Gasteiger partial charge is 0.255 e. The summed E-state index contributed by atoms with van der Waals surface area (Å²) in [4.78, 5) is 12.4. The molecule has 0 spiro atoms. The minimum absolute atomic E-state index is 0.0221. The van der Waals surface area contributed by atoms with Gasteiger partial charge in [-0.25, -0.2) is 0 Å². The molecule has 0 saturated heterocycles. The summed E-state index contributed by atoms with van der Waals surface area (Å²) in [5.74, 6) is 2.63. The number of benzene rings is 1. The minimum Gasteiger partial charge on any atom is -0.454 e. The molecule has 1 aromatic carbocycles. The largest absolute Gasteiger partial charge is 0.454 e. The van der Waals surface area contributed by atoms with Crippen LogP contribution >= 0.6 is 0 Å². The highest BCUT2D eigenvalue weighted by Gasteiger charge is 2.42. The fraction of sp³-hybridized carbons (Fsp3) is 0.533. The molecule has 2 fully saturated rings. The van der Waals surface area contributed by atoms with Gasteiger partial charge in [0, 0.05) is 6.04 Å². The molecule has 3 aliphatic rings. The van der Waals surface area contributed by atoms with Crippen LogP contribution in [0.4, 0.5) is 0 Å². The van der Waals surface area contributed by atoms with Gasteiger partial charge in [-0.3, -0.25) is 4.79 Å². The van der Waals surface area contributed by atoms with Crippen LogP contribution in [0.2, 0.25) is 0 Å². The third-order valence-electron chi connectivity index (χ3n) is 4.20. The van der Waals surface area contributed by atoms with Crippen molar-refractivity contribution in [3.63, 3.8) is 0 Å². The van der Waals surface area contributed by atoms with Gasteiger partial charge in [0.2, 0.25) is 6.79 Å². The standard InChI is InChI=1S/C15H17NO3/c17-15(16-13(9-4-5-9)10-6-7-10)11-2-1-3-12-14(11)19-8-18-12/h1-3,9-10,13H,4-8H2,(H,16,17). The van der Waals surface area contributed by atoms with Crippen molar-refractivity contribution in [1.29, 1.82) is 0 Å². The Morgan fingerprint density at radius 1 is 1.16 bits per heavy atom. The van der Waals surface area contributed by atoms with E-state index in [0.717, 1.165) is 0 Å². The van der Waals surface area contributed by atoms with Gasteiger partial charge in [-0.2, -0.15) is 0 Å². The number of rotatable bonds is 4. The van der Waals surface area contributed by atoms with Crippen LogP contribution in [0.1, 0.15) is 36.0 Å². The Labute approximate surface area is 112 Å². The van der Waals surface area contributed by atoms with Crippen LogP contribution in [0.15, 0.2) is 18.2 Å². The number of carbonyl (C=O) groups excluding carboxylic acids is 1. The molecule has 1 amide bonds. The van der Waals surface area contributed by atoms with E-state index in [0.29, 0.717) is 34.9 Å². The van der Waals surface area contributed by atoms with Crippen LogP contribution in [0.25, 0.3) is 0 Å². The van der Waals surface area contributed by atoms with Crippen LogP contribution in [0.3, 0.4) is 0 Å². The maximum absolute atomic E-state index is 12.4. The lowest BCUT2D eigenvalue weighted by atomic mass is 10.1. The molecular weight excluding hydrogens is 242 g/mol. The molecule has 19 heavy (non-hydrogen) atoms. The first kappa shape index (κ1) is 11.1. The fourth-order valence-corrected chi connectivity index (χ4v) is 2.87. The first-order valence-corrected chi connectivity index (χ1v) is 7.02. The molecule has 0 aromatic heterocycles. The topological polar surface area (TPSA) is 47.6 Å². The van der Waals surface area contributed by atoms with Gasteiger partial charge in [-0.1, -0.05) is 6.07 Å². The van der Waals surface area contributed by atoms with Crippen molar-refractivity contribution in [1.82, 2.24) is 5.32 Å². The highest BCUT2D eigenvalue weighted by molar-refractivity contribution is 5.98. The Bertz CT molecular complexity index is 508. The van der Waals surface area contributed by atoms with Gasteiger partial charge in [0.1, 0.15) is 0 Å². The zero-order chi connectivity index (χ0) is 12.8. The maximum Gasteiger partial charge on any atom is 0.255 e. The molecule has 1 aromatic rings. The third kappa shape index (κ3) is 2.05. The molecule has 0 atom stereocenters. The van der Waals surface area contributed by atoms with E-state index >= 15 is 0 Å². The van der Waals surface area contributed by atoms with Crippen LogP contribution in [0.5, 0.6) is 11.5 Å². The van der Waals surface area contributed by atoms with Crippen molar-refractivity contribution in [3.05, 3.63) is 23.8 Å². The number of ether oxygens (including phenoxy) is 2. The molecule has 0 bridgehead atoms. The van der Waals surface area contributed by atoms with Gasteiger partial charge in [-0.15, -0.1) is 0 Å². The average molecular weight is 259 g/mol. The number of para-hydroxylation sites is 1. The Balaban J connectivity index is 1.55. The first-order valence-electron chi connectivity index (χ1n) is 7.02. The lowest BCUT2D eigenvalue weighted by Crippen LogP contribution is -2.38. The highest BCUT2D eigenvalue weighted by atomic mass is 16.7. The van der Waals surface area contributed by atoms with E-state index in [-0.39, 0.29) is 12.7 Å². The van der Waals surface area contributed by atoms with E-state index in [1.165, 1.54) is 25.7 Å². The Morgan fingerprint density at radius 3 is 2.58 bits per heavy atom. The first-order chi connectivity index (χ1) is 9.33. The summed E-state index contributed by atoms with van der Waals surface area (Å²) in [5, 5.41) is 3.21. The Hall–Kier alpha value is -1.71. The van der Waals surface area contributed by atoms with E-state index < -0.39 is 0 Å². The highest BCUT2D eigenvalue weighted by Crippen LogP contribution is 2.45. The van der Waals surface area contributed by atoms with Gasteiger partial charge in [0.25, 0.3) is 5.91 Å². The van der Waals surface area contributed by atoms with Crippen LogP contribution in [0, 0.1) is 11.8 Å². The van der Waals surface area contributed by atoms with Crippen molar-refractivity contribution in [2.45, 2.75) is 31.7 Å². The number of amides is 1. The molecule has 4 rings (SSSR count). The van der Waals surface area contributed by atoms with Crippen molar-refractivity contribution in [2.75, 3.05) is 6.79 Å². The lowest BCUT2D eigenvalue weighted by molar-refractivity contribution is 0.0921. The van der Waals surface area contributed by atoms with Crippen LogP contribution < -0.4 is 14.8 Å². The predicted molar refractivity (Wildman–Crippen MR) is 69.3 cm³/mol. The zero-order valence-electron chi connectivity index (χ0n) is 10.7. The van der Waals surface area contributed by atoms with Crippen molar-refractivity contribution in [3.8, 4) is 11.5 Å². The number of carbonyl (C=O) groups is 1. The molecule has 0 radical (unpaired) electrons. The molecule has 4 heteroatoms. The summed E-state index contributed by atoms with van der Waals surface area (Å²) in [5.41, 5.74) is 0.598. The molecular formula is C15H17NO3. The SMILES string of the molecule is O=C(NC(C1CC1)C1CC1)c1cccc2c1OCO2. The molecule has 4 nitrogen and oxygen atoms in total. The molecule has 2 saturated carbocycles. The maximum atomic E-state index is 12.4. The Morgan fingerprint density at radius 2 is 1.89 bits per heavy atom. The fourth-order valence-electron chi connectivity index (χ4n) is 2.87. The molecule has 1 N–H and O–H groups in total.